The van der Waals surface area contributed by atoms with Gasteiger partial charge in [-0.25, -0.2) is 15.0 Å². The van der Waals surface area contributed by atoms with Crippen molar-refractivity contribution in [1.29, 1.82) is 0 Å². The van der Waals surface area contributed by atoms with Crippen molar-refractivity contribution in [3.05, 3.63) is 78.6 Å². The molecule has 2 aromatic heterocycles. The van der Waals surface area contributed by atoms with Gasteiger partial charge in [-0.15, -0.1) is 0 Å². The maximum atomic E-state index is 9.34. The number of aromatic nitrogens is 4. The van der Waals surface area contributed by atoms with Crippen LogP contribution in [0, 0.1) is 0 Å². The molecule has 0 amide bonds. The van der Waals surface area contributed by atoms with Crippen LogP contribution in [0.3, 0.4) is 0 Å². The quantitative estimate of drug-likeness (QED) is 0.516. The minimum absolute atomic E-state index is 0.0207. The summed E-state index contributed by atoms with van der Waals surface area (Å²) in [6, 6.07) is 21.9. The van der Waals surface area contributed by atoms with Gasteiger partial charge in [0.05, 0.1) is 46.4 Å². The van der Waals surface area contributed by atoms with Crippen LogP contribution >= 0.6 is 0 Å². The number of aliphatic hydroxyl groups excluding tert-OH is 1. The van der Waals surface area contributed by atoms with Crippen molar-refractivity contribution < 1.29 is 5.11 Å². The van der Waals surface area contributed by atoms with Crippen LogP contribution in [-0.4, -0.2) is 24.6 Å². The maximum Gasteiger partial charge on any atom is 0.0973 e. The number of imidazole rings is 1. The summed E-state index contributed by atoms with van der Waals surface area (Å²) < 4.78 is 1.99. The van der Waals surface area contributed by atoms with Crippen molar-refractivity contribution in [3.63, 3.8) is 0 Å². The number of rotatable bonds is 3. The van der Waals surface area contributed by atoms with Crippen LogP contribution in [0.5, 0.6) is 0 Å². The lowest BCUT2D eigenvalue weighted by Crippen LogP contribution is -1.96. The highest BCUT2D eigenvalue weighted by Crippen LogP contribution is 2.32. The molecule has 1 N–H and O–H groups in total. The van der Waals surface area contributed by atoms with Gasteiger partial charge >= 0.3 is 0 Å². The molecular formula is C23H18N4O. The smallest absolute Gasteiger partial charge is 0.0973 e. The van der Waals surface area contributed by atoms with E-state index in [1.54, 1.807) is 6.33 Å². The first-order valence-electron chi connectivity index (χ1n) is 9.11. The number of fused-ring (bicyclic) bond motifs is 2. The van der Waals surface area contributed by atoms with E-state index < -0.39 is 0 Å². The van der Waals surface area contributed by atoms with Crippen molar-refractivity contribution in [2.75, 3.05) is 0 Å². The van der Waals surface area contributed by atoms with Crippen molar-refractivity contribution in [2.24, 2.45) is 7.05 Å². The third-order valence-electron chi connectivity index (χ3n) is 4.97. The fourth-order valence-corrected chi connectivity index (χ4v) is 3.44. The van der Waals surface area contributed by atoms with Gasteiger partial charge in [0, 0.05) is 18.2 Å². The summed E-state index contributed by atoms with van der Waals surface area (Å²) in [7, 11) is 1.98. The molecule has 0 bridgehead atoms. The van der Waals surface area contributed by atoms with E-state index in [-0.39, 0.29) is 6.61 Å². The van der Waals surface area contributed by atoms with E-state index in [1.165, 1.54) is 0 Å². The third-order valence-corrected chi connectivity index (χ3v) is 4.97. The Morgan fingerprint density at radius 1 is 0.786 bits per heavy atom. The largest absolute Gasteiger partial charge is 0.392 e. The van der Waals surface area contributed by atoms with Crippen molar-refractivity contribution in [2.45, 2.75) is 6.61 Å². The molecule has 0 aliphatic heterocycles. The molecule has 28 heavy (non-hydrogen) atoms. The van der Waals surface area contributed by atoms with Crippen LogP contribution in [0.4, 0.5) is 0 Å². The first-order chi connectivity index (χ1) is 13.7. The molecule has 5 rings (SSSR count). The molecule has 0 aliphatic carbocycles. The molecule has 5 heteroatoms. The maximum absolute atomic E-state index is 9.34. The zero-order chi connectivity index (χ0) is 19.1. The number of aliphatic hydroxyl groups is 1. The van der Waals surface area contributed by atoms with Crippen LogP contribution in [0.15, 0.2) is 73.1 Å². The predicted molar refractivity (Wildman–Crippen MR) is 111 cm³/mol. The van der Waals surface area contributed by atoms with E-state index >= 15 is 0 Å². The van der Waals surface area contributed by atoms with Gasteiger partial charge in [0.2, 0.25) is 0 Å². The van der Waals surface area contributed by atoms with Crippen molar-refractivity contribution in [1.82, 2.24) is 19.5 Å². The first-order valence-corrected chi connectivity index (χ1v) is 9.11. The van der Waals surface area contributed by atoms with E-state index in [4.69, 9.17) is 9.97 Å². The standard InChI is InChI=1S/C23H18N4O/c1-27-14-24-20-11-18-19(12-21(20)27)26-22(16-5-3-2-4-6-16)23(25-18)17-9-7-15(13-28)8-10-17/h2-12,14,28H,13H2,1H3. The van der Waals surface area contributed by atoms with Crippen LogP contribution in [0.2, 0.25) is 0 Å². The third kappa shape index (κ3) is 2.73. The molecule has 0 radical (unpaired) electrons. The number of benzene rings is 3. The Morgan fingerprint density at radius 2 is 1.43 bits per heavy atom. The first kappa shape index (κ1) is 16.6. The highest BCUT2D eigenvalue weighted by molar-refractivity contribution is 5.94. The summed E-state index contributed by atoms with van der Waals surface area (Å²) >= 11 is 0. The van der Waals surface area contributed by atoms with Gasteiger partial charge in [-0.3, -0.25) is 0 Å². The van der Waals surface area contributed by atoms with Crippen LogP contribution in [0.1, 0.15) is 5.56 Å². The Bertz CT molecular complexity index is 1290. The molecule has 5 aromatic rings. The van der Waals surface area contributed by atoms with Crippen molar-refractivity contribution >= 4 is 22.1 Å². The van der Waals surface area contributed by atoms with E-state index in [0.717, 1.165) is 50.1 Å². The van der Waals surface area contributed by atoms with Crippen LogP contribution < -0.4 is 0 Å². The normalized spacial score (nSPS) is 11.4. The molecule has 0 saturated carbocycles. The van der Waals surface area contributed by atoms with Crippen LogP contribution in [0.25, 0.3) is 44.6 Å². The average Bonchev–Trinajstić information content (AvgIpc) is 3.11. The Balaban J connectivity index is 1.81. The Morgan fingerprint density at radius 3 is 2.11 bits per heavy atom. The van der Waals surface area contributed by atoms with Gasteiger partial charge < -0.3 is 9.67 Å². The van der Waals surface area contributed by atoms with Gasteiger partial charge in [0.1, 0.15) is 0 Å². The summed E-state index contributed by atoms with van der Waals surface area (Å²) in [5.41, 5.74) is 8.09. The number of hydrogen-bond donors (Lipinski definition) is 1. The molecule has 5 nitrogen and oxygen atoms in total. The minimum Gasteiger partial charge on any atom is -0.392 e. The molecule has 0 unspecified atom stereocenters. The van der Waals surface area contributed by atoms with E-state index in [1.807, 2.05) is 78.3 Å². The Labute approximate surface area is 162 Å². The average molecular weight is 366 g/mol. The summed E-state index contributed by atoms with van der Waals surface area (Å²) in [6.45, 7) is 0.0207. The van der Waals surface area contributed by atoms with Gasteiger partial charge in [-0.1, -0.05) is 54.6 Å². The molecule has 2 heterocycles. The number of hydrogen-bond acceptors (Lipinski definition) is 4. The van der Waals surface area contributed by atoms with Gasteiger partial charge in [0.15, 0.2) is 0 Å². The lowest BCUT2D eigenvalue weighted by Gasteiger charge is -2.11. The summed E-state index contributed by atoms with van der Waals surface area (Å²) in [4.78, 5) is 14.4. The second-order valence-electron chi connectivity index (χ2n) is 6.83. The van der Waals surface area contributed by atoms with Crippen LogP contribution in [-0.2, 0) is 13.7 Å². The topological polar surface area (TPSA) is 63.8 Å². The SMILES string of the molecule is Cn1cnc2cc3nc(-c4ccc(CO)cc4)c(-c4ccccc4)nc3cc21. The second-order valence-corrected chi connectivity index (χ2v) is 6.83. The second kappa shape index (κ2) is 6.55. The van der Waals surface area contributed by atoms with Gasteiger partial charge in [-0.05, 0) is 17.7 Å². The van der Waals surface area contributed by atoms with E-state index in [2.05, 4.69) is 4.98 Å². The fraction of sp³-hybridized carbons (Fsp3) is 0.0870. The van der Waals surface area contributed by atoms with E-state index in [9.17, 15) is 5.11 Å². The predicted octanol–water partition coefficient (Wildman–Crippen LogP) is 4.34. The zero-order valence-electron chi connectivity index (χ0n) is 15.4. The summed E-state index contributed by atoms with van der Waals surface area (Å²) in [6.07, 6.45) is 1.80. The fourth-order valence-electron chi connectivity index (χ4n) is 3.44. The highest BCUT2D eigenvalue weighted by atomic mass is 16.3. The lowest BCUT2D eigenvalue weighted by atomic mass is 10.0. The van der Waals surface area contributed by atoms with Gasteiger partial charge in [0.25, 0.3) is 0 Å². The highest BCUT2D eigenvalue weighted by Gasteiger charge is 2.14. The van der Waals surface area contributed by atoms with Gasteiger partial charge in [-0.2, -0.15) is 0 Å². The lowest BCUT2D eigenvalue weighted by molar-refractivity contribution is 0.282. The molecular weight excluding hydrogens is 348 g/mol. The van der Waals surface area contributed by atoms with E-state index in [0.29, 0.717) is 0 Å². The number of nitrogens with zero attached hydrogens (tertiary/aromatic N) is 4. The molecule has 3 aromatic carbocycles. The molecule has 0 fully saturated rings. The number of aryl methyl sites for hydroxylation is 1. The Hall–Kier alpha value is -3.57. The van der Waals surface area contributed by atoms with Crippen molar-refractivity contribution in [3.8, 4) is 22.5 Å². The minimum atomic E-state index is 0.0207. The molecule has 0 aliphatic rings. The molecule has 0 saturated heterocycles. The summed E-state index contributed by atoms with van der Waals surface area (Å²) in [5.74, 6) is 0. The molecule has 136 valence electrons. The zero-order valence-corrected chi connectivity index (χ0v) is 15.4. The summed E-state index contributed by atoms with van der Waals surface area (Å²) in [5, 5.41) is 9.34. The molecule has 0 spiro atoms. The monoisotopic (exact) mass is 366 g/mol. The molecule has 0 atom stereocenters. The Kier molecular flexibility index (Phi) is 3.88.